The molecule has 28 heavy (non-hydrogen) atoms. The van der Waals surface area contributed by atoms with Crippen LogP contribution in [-0.2, 0) is 0 Å². The zero-order valence-corrected chi connectivity index (χ0v) is 15.3. The molecule has 8 heteroatoms. The van der Waals surface area contributed by atoms with Crippen LogP contribution in [0.5, 0.6) is 34.5 Å². The first-order chi connectivity index (χ1) is 13.2. The van der Waals surface area contributed by atoms with E-state index in [0.717, 1.165) is 18.6 Å². The van der Waals surface area contributed by atoms with Crippen LogP contribution in [0.15, 0.2) is 33.5 Å². The van der Waals surface area contributed by atoms with Crippen molar-refractivity contribution in [3.63, 3.8) is 0 Å². The van der Waals surface area contributed by atoms with Gasteiger partial charge in [0.05, 0.1) is 6.61 Å². The van der Waals surface area contributed by atoms with E-state index in [2.05, 4.69) is 0 Å². The van der Waals surface area contributed by atoms with Crippen LogP contribution in [0.3, 0.4) is 0 Å². The number of rotatable bonds is 5. The summed E-state index contributed by atoms with van der Waals surface area (Å²) in [4.78, 5) is 12.5. The van der Waals surface area contributed by atoms with Crippen molar-refractivity contribution in [2.24, 2.45) is 5.92 Å². The lowest BCUT2D eigenvalue weighted by atomic mass is 10.1. The molecule has 5 N–H and O–H groups in total. The third-order valence-corrected chi connectivity index (χ3v) is 4.22. The molecular formula is C20H20O8. The average Bonchev–Trinajstić information content (AvgIpc) is 2.61. The van der Waals surface area contributed by atoms with Gasteiger partial charge in [0.25, 0.3) is 0 Å². The van der Waals surface area contributed by atoms with Crippen LogP contribution >= 0.6 is 0 Å². The van der Waals surface area contributed by atoms with Crippen molar-refractivity contribution in [3.8, 4) is 45.8 Å². The molecule has 3 aromatic rings. The molecule has 0 aliphatic rings. The zero-order valence-electron chi connectivity index (χ0n) is 15.3. The molecule has 0 saturated heterocycles. The van der Waals surface area contributed by atoms with Crippen molar-refractivity contribution in [3.05, 3.63) is 34.5 Å². The monoisotopic (exact) mass is 388 g/mol. The molecule has 1 heterocycles. The number of benzene rings is 2. The van der Waals surface area contributed by atoms with Gasteiger partial charge in [0.15, 0.2) is 23.0 Å². The summed E-state index contributed by atoms with van der Waals surface area (Å²) in [7, 11) is 0. The van der Waals surface area contributed by atoms with Crippen molar-refractivity contribution in [1.29, 1.82) is 0 Å². The Morgan fingerprint density at radius 2 is 1.57 bits per heavy atom. The number of hydrogen-bond donors (Lipinski definition) is 5. The van der Waals surface area contributed by atoms with E-state index in [1.165, 1.54) is 12.1 Å². The van der Waals surface area contributed by atoms with E-state index >= 15 is 0 Å². The van der Waals surface area contributed by atoms with Gasteiger partial charge in [-0.25, -0.2) is 0 Å². The van der Waals surface area contributed by atoms with Gasteiger partial charge in [-0.15, -0.1) is 0 Å². The summed E-state index contributed by atoms with van der Waals surface area (Å²) in [5, 5.41) is 49.0. The first kappa shape index (κ1) is 19.2. The summed E-state index contributed by atoms with van der Waals surface area (Å²) in [6.07, 6.45) is 0.787. The second kappa shape index (κ2) is 7.22. The lowest BCUT2D eigenvalue weighted by Gasteiger charge is -2.11. The molecule has 8 nitrogen and oxygen atoms in total. The lowest BCUT2D eigenvalue weighted by Crippen LogP contribution is -2.05. The summed E-state index contributed by atoms with van der Waals surface area (Å²) >= 11 is 0. The fraction of sp³-hybridized carbons (Fsp3) is 0.250. The first-order valence-corrected chi connectivity index (χ1v) is 8.60. The molecule has 0 saturated carbocycles. The van der Waals surface area contributed by atoms with Gasteiger partial charge in [0.1, 0.15) is 22.5 Å². The predicted octanol–water partition coefficient (Wildman–Crippen LogP) is 3.41. The van der Waals surface area contributed by atoms with E-state index in [0.29, 0.717) is 12.5 Å². The van der Waals surface area contributed by atoms with E-state index in [-0.39, 0.29) is 28.0 Å². The average molecular weight is 388 g/mol. The van der Waals surface area contributed by atoms with Crippen molar-refractivity contribution in [1.82, 2.24) is 0 Å². The Morgan fingerprint density at radius 3 is 2.18 bits per heavy atom. The van der Waals surface area contributed by atoms with Crippen LogP contribution in [0.1, 0.15) is 20.3 Å². The molecule has 0 fully saturated rings. The Morgan fingerprint density at radius 1 is 0.929 bits per heavy atom. The normalized spacial score (nSPS) is 11.2. The number of hydrogen-bond acceptors (Lipinski definition) is 8. The number of aromatic hydroxyl groups is 5. The highest BCUT2D eigenvalue weighted by Gasteiger charge is 2.21. The Kier molecular flexibility index (Phi) is 4.96. The topological polar surface area (TPSA) is 141 Å². The van der Waals surface area contributed by atoms with Crippen molar-refractivity contribution >= 4 is 11.0 Å². The van der Waals surface area contributed by atoms with E-state index in [4.69, 9.17) is 9.15 Å². The van der Waals surface area contributed by atoms with Gasteiger partial charge in [0.2, 0.25) is 11.2 Å². The maximum Gasteiger partial charge on any atom is 0.238 e. The summed E-state index contributed by atoms with van der Waals surface area (Å²) in [6.45, 7) is 4.48. The molecule has 0 radical (unpaired) electrons. The van der Waals surface area contributed by atoms with Crippen LogP contribution in [0.25, 0.3) is 22.3 Å². The van der Waals surface area contributed by atoms with Gasteiger partial charge in [-0.3, -0.25) is 4.79 Å². The Bertz CT molecular complexity index is 1070. The minimum absolute atomic E-state index is 0.0464. The molecule has 148 valence electrons. The smallest absolute Gasteiger partial charge is 0.238 e. The lowest BCUT2D eigenvalue weighted by molar-refractivity contribution is 0.288. The van der Waals surface area contributed by atoms with Crippen molar-refractivity contribution < 1.29 is 34.7 Å². The van der Waals surface area contributed by atoms with Crippen molar-refractivity contribution in [2.75, 3.05) is 6.61 Å². The summed E-state index contributed by atoms with van der Waals surface area (Å²) < 4.78 is 11.1. The highest BCUT2D eigenvalue weighted by molar-refractivity contribution is 5.88. The molecule has 0 amide bonds. The Hall–Kier alpha value is -3.55. The summed E-state index contributed by atoms with van der Waals surface area (Å²) in [5.41, 5.74) is -0.992. The van der Waals surface area contributed by atoms with Gasteiger partial charge in [-0.1, -0.05) is 13.8 Å². The summed E-state index contributed by atoms with van der Waals surface area (Å²) in [6, 6.07) is 4.69. The quantitative estimate of drug-likeness (QED) is 0.419. The number of fused-ring (bicyclic) bond motifs is 1. The molecule has 3 rings (SSSR count). The first-order valence-electron chi connectivity index (χ1n) is 8.60. The largest absolute Gasteiger partial charge is 0.507 e. The SMILES string of the molecule is CC(C)CCOc1cc(O)c2c(=O)c(O)c(-c3cc(O)c(O)c(O)c3)oc2c1. The number of phenols is 4. The molecule has 1 aromatic heterocycles. The standard InChI is InChI=1S/C20H20O8/c1-9(2)3-4-27-11-7-12(21)16-15(8-11)28-20(19(26)18(16)25)10-5-13(22)17(24)14(23)6-10/h5-9,21-24,26H,3-4H2,1-2H3. The number of phenolic OH excluding ortho intramolecular Hbond substituents is 4. The molecule has 0 atom stereocenters. The zero-order chi connectivity index (χ0) is 20.6. The Balaban J connectivity index is 2.15. The van der Waals surface area contributed by atoms with Crippen LogP contribution in [0.2, 0.25) is 0 Å². The molecule has 0 unspecified atom stereocenters. The highest BCUT2D eigenvalue weighted by atomic mass is 16.5. The molecule has 0 spiro atoms. The minimum Gasteiger partial charge on any atom is -0.507 e. The van der Waals surface area contributed by atoms with Gasteiger partial charge < -0.3 is 34.7 Å². The predicted molar refractivity (Wildman–Crippen MR) is 101 cm³/mol. The molecule has 0 bridgehead atoms. The highest BCUT2D eigenvalue weighted by Crippen LogP contribution is 2.42. The third kappa shape index (κ3) is 3.48. The summed E-state index contributed by atoms with van der Waals surface area (Å²) in [5.74, 6) is -2.94. The molecule has 0 aliphatic carbocycles. The van der Waals surface area contributed by atoms with Gasteiger partial charge in [-0.05, 0) is 24.5 Å². The fourth-order valence-corrected chi connectivity index (χ4v) is 2.69. The Labute approximate surface area is 159 Å². The van der Waals surface area contributed by atoms with Crippen molar-refractivity contribution in [2.45, 2.75) is 20.3 Å². The second-order valence-corrected chi connectivity index (χ2v) is 6.82. The number of ether oxygens (including phenoxy) is 1. The minimum atomic E-state index is -0.894. The van der Waals surface area contributed by atoms with E-state index < -0.39 is 34.2 Å². The maximum atomic E-state index is 12.5. The maximum absolute atomic E-state index is 12.5. The van der Waals surface area contributed by atoms with Crippen LogP contribution < -0.4 is 10.2 Å². The fourth-order valence-electron chi connectivity index (χ4n) is 2.69. The second-order valence-electron chi connectivity index (χ2n) is 6.82. The van der Waals surface area contributed by atoms with Crippen LogP contribution in [0, 0.1) is 5.92 Å². The van der Waals surface area contributed by atoms with Gasteiger partial charge in [0, 0.05) is 17.7 Å². The third-order valence-electron chi connectivity index (χ3n) is 4.22. The molecular weight excluding hydrogens is 368 g/mol. The van der Waals surface area contributed by atoms with Gasteiger partial charge >= 0.3 is 0 Å². The molecule has 2 aromatic carbocycles. The van der Waals surface area contributed by atoms with Gasteiger partial charge in [-0.2, -0.15) is 0 Å². The van der Waals surface area contributed by atoms with Crippen LogP contribution in [0.4, 0.5) is 0 Å². The van der Waals surface area contributed by atoms with E-state index in [9.17, 15) is 30.3 Å². The van der Waals surface area contributed by atoms with E-state index in [1.54, 1.807) is 0 Å². The van der Waals surface area contributed by atoms with E-state index in [1.807, 2.05) is 13.8 Å². The van der Waals surface area contributed by atoms with Crippen LogP contribution in [-0.4, -0.2) is 32.1 Å². The molecule has 0 aliphatic heterocycles.